The van der Waals surface area contributed by atoms with Gasteiger partial charge < -0.3 is 9.47 Å². The van der Waals surface area contributed by atoms with Gasteiger partial charge in [-0.05, 0) is 17.7 Å². The van der Waals surface area contributed by atoms with E-state index in [2.05, 4.69) is 15.9 Å². The van der Waals surface area contributed by atoms with E-state index in [4.69, 9.17) is 13.7 Å². The summed E-state index contributed by atoms with van der Waals surface area (Å²) in [5, 5.41) is 0. The first-order valence-corrected chi connectivity index (χ1v) is 7.23. The average molecular weight is 325 g/mol. The third-order valence-electron chi connectivity index (χ3n) is 1.98. The highest BCUT2D eigenvalue weighted by Gasteiger charge is 2.11. The van der Waals surface area contributed by atoms with Crippen molar-refractivity contribution in [1.82, 2.24) is 0 Å². The Morgan fingerprint density at radius 2 is 1.71 bits per heavy atom. The number of hydrogen-bond donors (Lipinski definition) is 0. The normalized spacial score (nSPS) is 11.3. The van der Waals surface area contributed by atoms with Gasteiger partial charge in [-0.25, -0.2) is 0 Å². The molecule has 0 spiro atoms. The molecule has 0 saturated heterocycles. The summed E-state index contributed by atoms with van der Waals surface area (Å²) in [6.45, 7) is -0.0558. The Hall–Kier alpha value is -0.790. The van der Waals surface area contributed by atoms with E-state index in [0.29, 0.717) is 21.5 Å². The molecular weight excluding hydrogens is 312 g/mol. The summed E-state index contributed by atoms with van der Waals surface area (Å²) in [5.41, 5.74) is 0.660. The van der Waals surface area contributed by atoms with Gasteiger partial charge in [0.2, 0.25) is 0 Å². The van der Waals surface area contributed by atoms with Gasteiger partial charge in [-0.1, -0.05) is 15.9 Å². The second-order valence-corrected chi connectivity index (χ2v) is 5.76. The minimum absolute atomic E-state index is 0.0558. The van der Waals surface area contributed by atoms with Crippen LogP contribution in [0.1, 0.15) is 5.56 Å². The second-order valence-electron chi connectivity index (χ2n) is 3.26. The Morgan fingerprint density at radius 1 is 1.18 bits per heavy atom. The van der Waals surface area contributed by atoms with Gasteiger partial charge in [0.1, 0.15) is 0 Å². The maximum Gasteiger partial charge on any atom is 0.264 e. The predicted octanol–water partition coefficient (Wildman–Crippen LogP) is 1.94. The number of benzene rings is 1. The lowest BCUT2D eigenvalue weighted by molar-refractivity contribution is 0.308. The lowest BCUT2D eigenvalue weighted by atomic mass is 10.2. The monoisotopic (exact) mass is 324 g/mol. The first-order chi connectivity index (χ1) is 7.87. The van der Waals surface area contributed by atoms with Crippen LogP contribution in [0.5, 0.6) is 11.5 Å². The van der Waals surface area contributed by atoms with Crippen LogP contribution in [0.3, 0.4) is 0 Å². The molecule has 0 aliphatic rings. The maximum atomic E-state index is 10.9. The number of methoxy groups -OCH3 is 2. The molecule has 1 rings (SSSR count). The molecular formula is C10H13BrO5S. The fourth-order valence-electron chi connectivity index (χ4n) is 1.18. The molecule has 0 N–H and O–H groups in total. The van der Waals surface area contributed by atoms with Crippen LogP contribution in [0.2, 0.25) is 0 Å². The molecule has 5 nitrogen and oxygen atoms in total. The first-order valence-electron chi connectivity index (χ1n) is 4.62. The van der Waals surface area contributed by atoms with Crippen molar-refractivity contribution in [1.29, 1.82) is 0 Å². The second kappa shape index (κ2) is 5.70. The molecule has 0 unspecified atom stereocenters. The molecule has 1 aromatic carbocycles. The van der Waals surface area contributed by atoms with E-state index in [1.165, 1.54) is 14.2 Å². The summed E-state index contributed by atoms with van der Waals surface area (Å²) >= 11 is 3.31. The van der Waals surface area contributed by atoms with Crippen LogP contribution in [0.4, 0.5) is 0 Å². The molecule has 0 bridgehead atoms. The summed E-state index contributed by atoms with van der Waals surface area (Å²) < 4.78 is 37.4. The number of rotatable bonds is 5. The largest absolute Gasteiger partial charge is 0.493 e. The molecule has 0 heterocycles. The van der Waals surface area contributed by atoms with E-state index in [0.717, 1.165) is 6.26 Å². The van der Waals surface area contributed by atoms with Crippen molar-refractivity contribution in [2.75, 3.05) is 20.5 Å². The minimum atomic E-state index is -3.47. The van der Waals surface area contributed by atoms with Gasteiger partial charge in [0.15, 0.2) is 11.5 Å². The summed E-state index contributed by atoms with van der Waals surface area (Å²) in [4.78, 5) is 0. The standard InChI is InChI=1S/C10H13BrO5S/c1-14-9-4-7(6-16-17(3,12)13)8(11)5-10(9)15-2/h4-5H,6H2,1-3H3. The van der Waals surface area contributed by atoms with E-state index < -0.39 is 10.1 Å². The van der Waals surface area contributed by atoms with E-state index in [1.54, 1.807) is 12.1 Å². The van der Waals surface area contributed by atoms with Crippen molar-refractivity contribution in [3.05, 3.63) is 22.2 Å². The molecule has 96 valence electrons. The lowest BCUT2D eigenvalue weighted by Crippen LogP contribution is -2.03. The molecule has 0 saturated carbocycles. The Labute approximate surface area is 109 Å². The van der Waals surface area contributed by atoms with Crippen LogP contribution in [0, 0.1) is 0 Å². The zero-order chi connectivity index (χ0) is 13.1. The smallest absolute Gasteiger partial charge is 0.264 e. The van der Waals surface area contributed by atoms with Crippen LogP contribution in [0.15, 0.2) is 16.6 Å². The summed E-state index contributed by atoms with van der Waals surface area (Å²) in [7, 11) is -0.436. The van der Waals surface area contributed by atoms with Crippen LogP contribution < -0.4 is 9.47 Å². The molecule has 0 amide bonds. The highest BCUT2D eigenvalue weighted by Crippen LogP contribution is 2.33. The number of halogens is 1. The summed E-state index contributed by atoms with van der Waals surface area (Å²) in [5.74, 6) is 1.07. The Kier molecular flexibility index (Phi) is 4.79. The summed E-state index contributed by atoms with van der Waals surface area (Å²) in [6.07, 6.45) is 1.00. The molecule has 0 atom stereocenters. The first kappa shape index (κ1) is 14.3. The third kappa shape index (κ3) is 4.18. The van der Waals surface area contributed by atoms with Gasteiger partial charge >= 0.3 is 0 Å². The zero-order valence-corrected chi connectivity index (χ0v) is 12.1. The minimum Gasteiger partial charge on any atom is -0.493 e. The average Bonchev–Trinajstić information content (AvgIpc) is 2.25. The molecule has 0 aromatic heterocycles. The van der Waals surface area contributed by atoms with Gasteiger partial charge in [0, 0.05) is 4.47 Å². The molecule has 0 aliphatic carbocycles. The van der Waals surface area contributed by atoms with E-state index in [9.17, 15) is 8.42 Å². The third-order valence-corrected chi connectivity index (χ3v) is 3.27. The molecule has 17 heavy (non-hydrogen) atoms. The van der Waals surface area contributed by atoms with E-state index in [-0.39, 0.29) is 6.61 Å². The van der Waals surface area contributed by atoms with Gasteiger partial charge in [-0.3, -0.25) is 4.18 Å². The van der Waals surface area contributed by atoms with Crippen molar-refractivity contribution in [3.8, 4) is 11.5 Å². The molecule has 0 aliphatic heterocycles. The Balaban J connectivity index is 3.01. The van der Waals surface area contributed by atoms with Crippen LogP contribution >= 0.6 is 15.9 Å². The van der Waals surface area contributed by atoms with Crippen molar-refractivity contribution >= 4 is 26.0 Å². The fraction of sp³-hybridized carbons (Fsp3) is 0.400. The Morgan fingerprint density at radius 3 is 2.18 bits per heavy atom. The molecule has 1 aromatic rings. The van der Waals surface area contributed by atoms with Crippen molar-refractivity contribution in [3.63, 3.8) is 0 Å². The Bertz CT molecular complexity index is 498. The quantitative estimate of drug-likeness (QED) is 0.774. The predicted molar refractivity (Wildman–Crippen MR) is 66.9 cm³/mol. The van der Waals surface area contributed by atoms with Crippen LogP contribution in [-0.4, -0.2) is 28.9 Å². The SMILES string of the molecule is COc1cc(Br)c(COS(C)(=O)=O)cc1OC. The number of ether oxygens (including phenoxy) is 2. The van der Waals surface area contributed by atoms with Gasteiger partial charge in [-0.2, -0.15) is 8.42 Å². The van der Waals surface area contributed by atoms with Crippen molar-refractivity contribution in [2.45, 2.75) is 6.61 Å². The summed E-state index contributed by atoms with van der Waals surface area (Å²) in [6, 6.07) is 3.36. The van der Waals surface area contributed by atoms with E-state index in [1.807, 2.05) is 0 Å². The number of hydrogen-bond acceptors (Lipinski definition) is 5. The van der Waals surface area contributed by atoms with Crippen molar-refractivity contribution < 1.29 is 22.1 Å². The highest BCUT2D eigenvalue weighted by atomic mass is 79.9. The topological polar surface area (TPSA) is 61.8 Å². The fourth-order valence-corrected chi connectivity index (χ4v) is 1.96. The van der Waals surface area contributed by atoms with Gasteiger partial charge in [0.05, 0.1) is 27.1 Å². The van der Waals surface area contributed by atoms with Crippen LogP contribution in [-0.2, 0) is 20.9 Å². The van der Waals surface area contributed by atoms with E-state index >= 15 is 0 Å². The lowest BCUT2D eigenvalue weighted by Gasteiger charge is -2.11. The molecule has 7 heteroatoms. The van der Waals surface area contributed by atoms with Crippen molar-refractivity contribution in [2.24, 2.45) is 0 Å². The van der Waals surface area contributed by atoms with Crippen LogP contribution in [0.25, 0.3) is 0 Å². The van der Waals surface area contributed by atoms with Gasteiger partial charge in [0.25, 0.3) is 10.1 Å². The zero-order valence-electron chi connectivity index (χ0n) is 9.69. The molecule has 0 fully saturated rings. The van der Waals surface area contributed by atoms with Gasteiger partial charge in [-0.15, -0.1) is 0 Å². The maximum absolute atomic E-state index is 10.9. The molecule has 0 radical (unpaired) electrons. The highest BCUT2D eigenvalue weighted by molar-refractivity contribution is 9.10.